The number of carbonyl (C=O) groups excluding carboxylic acids is 1. The van der Waals surface area contributed by atoms with E-state index in [9.17, 15) is 4.79 Å². The fourth-order valence-corrected chi connectivity index (χ4v) is 4.61. The Balaban J connectivity index is 1.54. The normalized spacial score (nSPS) is 13.0. The molecule has 0 saturated heterocycles. The lowest BCUT2D eigenvalue weighted by Crippen LogP contribution is -2.39. The molecule has 0 spiro atoms. The minimum absolute atomic E-state index is 0.0180. The number of benzene rings is 3. The number of anilines is 3. The number of amides is 2. The van der Waals surface area contributed by atoms with Gasteiger partial charge in [0.1, 0.15) is 0 Å². The molecule has 8 heteroatoms. The first-order valence-electron chi connectivity index (χ1n) is 11.9. The smallest absolute Gasteiger partial charge is 0.319 e. The van der Waals surface area contributed by atoms with Crippen LogP contribution in [0.15, 0.2) is 60.7 Å². The zero-order chi connectivity index (χ0) is 25.7. The van der Waals surface area contributed by atoms with E-state index in [1.54, 1.807) is 33.5 Å². The standard InChI is InChI=1S/C28H34N4O4/c1-31(2)22-12-10-20(11-13-22)24(32-15-14-19-8-6-7-9-23(19)32)18-29-28(33)30-21-16-25(34-3)27(36-5)26(17-21)35-4/h6-13,16-17,24H,14-15,18H2,1-5H3,(H2,29,30,33). The summed E-state index contributed by atoms with van der Waals surface area (Å²) < 4.78 is 16.2. The lowest BCUT2D eigenvalue weighted by Gasteiger charge is -2.31. The molecule has 1 unspecified atom stereocenters. The molecule has 1 aliphatic rings. The van der Waals surface area contributed by atoms with E-state index in [0.29, 0.717) is 29.5 Å². The Labute approximate surface area is 212 Å². The van der Waals surface area contributed by atoms with Gasteiger partial charge >= 0.3 is 6.03 Å². The summed E-state index contributed by atoms with van der Waals surface area (Å²) in [6.07, 6.45) is 0.986. The van der Waals surface area contributed by atoms with Crippen LogP contribution in [-0.4, -0.2) is 54.5 Å². The first-order valence-corrected chi connectivity index (χ1v) is 11.9. The maximum absolute atomic E-state index is 12.9. The Hall–Kier alpha value is -4.07. The van der Waals surface area contributed by atoms with Crippen molar-refractivity contribution in [3.05, 3.63) is 71.8 Å². The zero-order valence-electron chi connectivity index (χ0n) is 21.5. The number of methoxy groups -OCH3 is 3. The summed E-state index contributed by atoms with van der Waals surface area (Å²) in [5.74, 6) is 1.42. The highest BCUT2D eigenvalue weighted by atomic mass is 16.5. The third-order valence-corrected chi connectivity index (χ3v) is 6.47. The molecule has 0 aromatic heterocycles. The van der Waals surface area contributed by atoms with E-state index in [0.717, 1.165) is 24.2 Å². The molecule has 1 aliphatic heterocycles. The van der Waals surface area contributed by atoms with Crippen molar-refractivity contribution >= 4 is 23.1 Å². The van der Waals surface area contributed by atoms with E-state index >= 15 is 0 Å². The molecule has 4 rings (SSSR count). The Kier molecular flexibility index (Phi) is 7.73. The van der Waals surface area contributed by atoms with Gasteiger partial charge in [-0.2, -0.15) is 0 Å². The molecule has 1 heterocycles. The van der Waals surface area contributed by atoms with Crippen molar-refractivity contribution in [2.24, 2.45) is 0 Å². The van der Waals surface area contributed by atoms with Crippen LogP contribution in [0.3, 0.4) is 0 Å². The van der Waals surface area contributed by atoms with Crippen LogP contribution in [0.1, 0.15) is 17.2 Å². The second-order valence-corrected chi connectivity index (χ2v) is 8.82. The molecule has 8 nitrogen and oxygen atoms in total. The SMILES string of the molecule is COc1cc(NC(=O)NCC(c2ccc(N(C)C)cc2)N2CCc3ccccc32)cc(OC)c1OC. The Morgan fingerprint density at radius 2 is 1.64 bits per heavy atom. The van der Waals surface area contributed by atoms with Crippen molar-refractivity contribution in [3.63, 3.8) is 0 Å². The molecule has 2 amide bonds. The quantitative estimate of drug-likeness (QED) is 0.453. The molecular formula is C28H34N4O4. The maximum Gasteiger partial charge on any atom is 0.319 e. The van der Waals surface area contributed by atoms with Crippen LogP contribution in [0.25, 0.3) is 0 Å². The van der Waals surface area contributed by atoms with E-state index in [2.05, 4.69) is 69.0 Å². The van der Waals surface area contributed by atoms with Gasteiger partial charge in [-0.3, -0.25) is 0 Å². The van der Waals surface area contributed by atoms with Crippen LogP contribution in [0.4, 0.5) is 21.9 Å². The van der Waals surface area contributed by atoms with Gasteiger partial charge in [-0.05, 0) is 35.7 Å². The van der Waals surface area contributed by atoms with Crippen LogP contribution in [-0.2, 0) is 6.42 Å². The van der Waals surface area contributed by atoms with Gasteiger partial charge in [0.05, 0.1) is 33.1 Å². The molecule has 3 aromatic carbocycles. The molecule has 0 bridgehead atoms. The monoisotopic (exact) mass is 490 g/mol. The Bertz CT molecular complexity index is 1170. The predicted molar refractivity (Wildman–Crippen MR) is 144 cm³/mol. The van der Waals surface area contributed by atoms with Gasteiger partial charge in [-0.1, -0.05) is 30.3 Å². The van der Waals surface area contributed by atoms with Crippen LogP contribution < -0.4 is 34.6 Å². The highest BCUT2D eigenvalue weighted by Gasteiger charge is 2.27. The summed E-state index contributed by atoms with van der Waals surface area (Å²) in [6.45, 7) is 1.33. The third-order valence-electron chi connectivity index (χ3n) is 6.47. The maximum atomic E-state index is 12.9. The topological polar surface area (TPSA) is 75.3 Å². The first-order chi connectivity index (χ1) is 17.4. The number of urea groups is 1. The van der Waals surface area contributed by atoms with Crippen molar-refractivity contribution in [3.8, 4) is 17.2 Å². The van der Waals surface area contributed by atoms with Crippen LogP contribution in [0.2, 0.25) is 0 Å². The first kappa shape index (κ1) is 25.0. The molecule has 0 fully saturated rings. The molecule has 0 radical (unpaired) electrons. The van der Waals surface area contributed by atoms with Gasteiger partial charge in [0, 0.05) is 50.7 Å². The van der Waals surface area contributed by atoms with Crippen molar-refractivity contribution in [1.82, 2.24) is 5.32 Å². The molecule has 3 aromatic rings. The van der Waals surface area contributed by atoms with E-state index < -0.39 is 0 Å². The zero-order valence-corrected chi connectivity index (χ0v) is 21.5. The van der Waals surface area contributed by atoms with Crippen molar-refractivity contribution < 1.29 is 19.0 Å². The summed E-state index contributed by atoms with van der Waals surface area (Å²) in [7, 11) is 8.68. The number of fused-ring (bicyclic) bond motifs is 1. The van der Waals surface area contributed by atoms with Gasteiger partial charge in [0.25, 0.3) is 0 Å². The molecule has 0 aliphatic carbocycles. The molecule has 36 heavy (non-hydrogen) atoms. The van der Waals surface area contributed by atoms with Gasteiger partial charge in [0.2, 0.25) is 5.75 Å². The van der Waals surface area contributed by atoms with E-state index in [4.69, 9.17) is 14.2 Å². The van der Waals surface area contributed by atoms with E-state index in [1.807, 2.05) is 14.1 Å². The minimum Gasteiger partial charge on any atom is -0.493 e. The summed E-state index contributed by atoms with van der Waals surface area (Å²) in [5.41, 5.74) is 5.36. The fourth-order valence-electron chi connectivity index (χ4n) is 4.61. The Morgan fingerprint density at radius 1 is 0.972 bits per heavy atom. The van der Waals surface area contributed by atoms with Gasteiger partial charge in [-0.15, -0.1) is 0 Å². The van der Waals surface area contributed by atoms with E-state index in [-0.39, 0.29) is 12.1 Å². The number of rotatable bonds is 9. The largest absolute Gasteiger partial charge is 0.493 e. The molecule has 0 saturated carbocycles. The van der Waals surface area contributed by atoms with Gasteiger partial charge in [0.15, 0.2) is 11.5 Å². The number of ether oxygens (including phenoxy) is 3. The van der Waals surface area contributed by atoms with Crippen molar-refractivity contribution in [1.29, 1.82) is 0 Å². The molecular weight excluding hydrogens is 456 g/mol. The summed E-state index contributed by atoms with van der Waals surface area (Å²) in [5, 5.41) is 5.96. The lowest BCUT2D eigenvalue weighted by molar-refractivity contribution is 0.251. The van der Waals surface area contributed by atoms with Crippen LogP contribution in [0, 0.1) is 0 Å². The van der Waals surface area contributed by atoms with E-state index in [1.165, 1.54) is 11.3 Å². The average Bonchev–Trinajstić information content (AvgIpc) is 3.32. The predicted octanol–water partition coefficient (Wildman–Crippen LogP) is 4.70. The molecule has 190 valence electrons. The Morgan fingerprint density at radius 3 is 2.25 bits per heavy atom. The number of carbonyl (C=O) groups is 1. The summed E-state index contributed by atoms with van der Waals surface area (Å²) in [6, 6.07) is 20.0. The van der Waals surface area contributed by atoms with Crippen molar-refractivity contribution in [2.45, 2.75) is 12.5 Å². The molecule has 2 N–H and O–H groups in total. The highest BCUT2D eigenvalue weighted by molar-refractivity contribution is 5.90. The lowest BCUT2D eigenvalue weighted by atomic mass is 10.0. The summed E-state index contributed by atoms with van der Waals surface area (Å²) >= 11 is 0. The number of hydrogen-bond acceptors (Lipinski definition) is 6. The number of nitrogens with zero attached hydrogens (tertiary/aromatic N) is 2. The van der Waals surface area contributed by atoms with Crippen LogP contribution >= 0.6 is 0 Å². The number of para-hydroxylation sites is 1. The third kappa shape index (κ3) is 5.27. The van der Waals surface area contributed by atoms with Crippen LogP contribution in [0.5, 0.6) is 17.2 Å². The second kappa shape index (κ2) is 11.1. The number of nitrogens with one attached hydrogen (secondary N) is 2. The molecule has 1 atom stereocenters. The van der Waals surface area contributed by atoms with Gasteiger partial charge < -0.3 is 34.6 Å². The second-order valence-electron chi connectivity index (χ2n) is 8.82. The van der Waals surface area contributed by atoms with Crippen molar-refractivity contribution in [2.75, 3.05) is 63.6 Å². The average molecular weight is 491 g/mol. The highest BCUT2D eigenvalue weighted by Crippen LogP contribution is 2.40. The van der Waals surface area contributed by atoms with Gasteiger partial charge in [-0.25, -0.2) is 4.79 Å². The fraction of sp³-hybridized carbons (Fsp3) is 0.321. The number of hydrogen-bond donors (Lipinski definition) is 2. The summed E-state index contributed by atoms with van der Waals surface area (Å²) in [4.78, 5) is 17.4. The minimum atomic E-state index is -0.313.